The van der Waals surface area contributed by atoms with Crippen LogP contribution in [0.3, 0.4) is 0 Å². The zero-order valence-electron chi connectivity index (χ0n) is 18.9. The van der Waals surface area contributed by atoms with E-state index in [0.717, 1.165) is 6.42 Å². The van der Waals surface area contributed by atoms with Crippen LogP contribution in [0.15, 0.2) is 59.9 Å². The molecule has 4 aromatic heterocycles. The topological polar surface area (TPSA) is 133 Å². The molecule has 0 bridgehead atoms. The molecule has 0 radical (unpaired) electrons. The maximum absolute atomic E-state index is 13.6. The molecule has 36 heavy (non-hydrogen) atoms. The minimum absolute atomic E-state index is 0.133. The number of aromatic amines is 1. The molecule has 6 rings (SSSR count). The number of rotatable bonds is 6. The quantitative estimate of drug-likeness (QED) is 0.322. The summed E-state index contributed by atoms with van der Waals surface area (Å²) in [5.41, 5.74) is 1.59. The van der Waals surface area contributed by atoms with Crippen molar-refractivity contribution in [2.75, 3.05) is 24.6 Å². The summed E-state index contributed by atoms with van der Waals surface area (Å²) in [6, 6.07) is 10.7. The van der Waals surface area contributed by atoms with Crippen molar-refractivity contribution in [3.05, 3.63) is 81.9 Å². The maximum Gasteiger partial charge on any atom is 0.284 e. The van der Waals surface area contributed by atoms with Gasteiger partial charge in [-0.2, -0.15) is 5.10 Å². The summed E-state index contributed by atoms with van der Waals surface area (Å²) in [5, 5.41) is 17.5. The molecule has 5 heterocycles. The van der Waals surface area contributed by atoms with E-state index >= 15 is 0 Å². The summed E-state index contributed by atoms with van der Waals surface area (Å²) < 4.78 is 3.10. The molecule has 1 atom stereocenters. The molecule has 3 N–H and O–H groups in total. The van der Waals surface area contributed by atoms with Crippen LogP contribution in [0, 0.1) is 0 Å². The Morgan fingerprint density at radius 2 is 2.06 bits per heavy atom. The Morgan fingerprint density at radius 1 is 1.22 bits per heavy atom. The second-order valence-electron chi connectivity index (χ2n) is 8.39. The van der Waals surface area contributed by atoms with Gasteiger partial charge < -0.3 is 20.3 Å². The van der Waals surface area contributed by atoms with Crippen LogP contribution in [0.5, 0.6) is 0 Å². The number of hydrogen-bond acceptors (Lipinski definition) is 7. The molecule has 182 valence electrons. The highest BCUT2D eigenvalue weighted by Gasteiger charge is 2.37. The Bertz CT molecular complexity index is 1660. The Hall–Kier alpha value is -4.22. The van der Waals surface area contributed by atoms with Crippen LogP contribution in [0.4, 0.5) is 5.82 Å². The number of nitrogens with zero attached hydrogens (tertiary/aromatic N) is 6. The Labute approximate surface area is 209 Å². The van der Waals surface area contributed by atoms with E-state index in [2.05, 4.69) is 20.3 Å². The van der Waals surface area contributed by atoms with Gasteiger partial charge in [-0.15, -0.1) is 0 Å². The molecule has 1 aromatic carbocycles. The average molecular weight is 505 g/mol. The lowest BCUT2D eigenvalue weighted by molar-refractivity contribution is 0.0946. The van der Waals surface area contributed by atoms with Gasteiger partial charge in [0, 0.05) is 25.5 Å². The number of H-pyrrole nitrogens is 1. The molecule has 0 spiro atoms. The predicted molar refractivity (Wildman–Crippen MR) is 134 cm³/mol. The van der Waals surface area contributed by atoms with Gasteiger partial charge >= 0.3 is 0 Å². The van der Waals surface area contributed by atoms with Crippen LogP contribution in [0.25, 0.3) is 22.2 Å². The minimum atomic E-state index is -0.342. The first-order chi connectivity index (χ1) is 17.6. The van der Waals surface area contributed by atoms with Gasteiger partial charge in [0.1, 0.15) is 23.3 Å². The number of aromatic nitrogens is 6. The second-order valence-corrected chi connectivity index (χ2v) is 8.80. The number of hydrogen-bond donors (Lipinski definition) is 3. The highest BCUT2D eigenvalue weighted by molar-refractivity contribution is 6.33. The van der Waals surface area contributed by atoms with Crippen molar-refractivity contribution >= 4 is 39.9 Å². The van der Waals surface area contributed by atoms with Crippen LogP contribution in [-0.2, 0) is 0 Å². The van der Waals surface area contributed by atoms with E-state index in [0.29, 0.717) is 51.0 Å². The third-order valence-electron chi connectivity index (χ3n) is 6.36. The number of para-hydroxylation sites is 1. The lowest BCUT2D eigenvalue weighted by Crippen LogP contribution is -2.45. The largest absolute Gasteiger partial charge is 0.395 e. The smallest absolute Gasteiger partial charge is 0.284 e. The monoisotopic (exact) mass is 504 g/mol. The van der Waals surface area contributed by atoms with Gasteiger partial charge in [-0.25, -0.2) is 14.5 Å². The number of amides is 1. The number of nitrogens with one attached hydrogen (secondary N) is 2. The van der Waals surface area contributed by atoms with Crippen LogP contribution < -0.4 is 15.8 Å². The molecule has 0 saturated carbocycles. The van der Waals surface area contributed by atoms with Crippen LogP contribution in [0.2, 0.25) is 5.02 Å². The summed E-state index contributed by atoms with van der Waals surface area (Å²) in [6.07, 6.45) is 5.41. The van der Waals surface area contributed by atoms with Crippen molar-refractivity contribution < 1.29 is 9.90 Å². The molecule has 0 unspecified atom stereocenters. The molecule has 1 fully saturated rings. The average Bonchev–Trinajstić information content (AvgIpc) is 3.47. The summed E-state index contributed by atoms with van der Waals surface area (Å²) in [5.74, 6) is 0.753. The molecule has 11 nitrogen and oxygen atoms in total. The number of aliphatic hydroxyl groups excluding tert-OH is 1. The van der Waals surface area contributed by atoms with Crippen molar-refractivity contribution in [2.45, 2.75) is 12.5 Å². The Balaban J connectivity index is 1.50. The summed E-state index contributed by atoms with van der Waals surface area (Å²) in [6.45, 7) is 0.614. The van der Waals surface area contributed by atoms with Gasteiger partial charge in [-0.1, -0.05) is 29.8 Å². The van der Waals surface area contributed by atoms with Crippen molar-refractivity contribution in [1.82, 2.24) is 34.4 Å². The number of anilines is 1. The van der Waals surface area contributed by atoms with E-state index in [1.165, 1.54) is 10.8 Å². The highest BCUT2D eigenvalue weighted by atomic mass is 35.5. The highest BCUT2D eigenvalue weighted by Crippen LogP contribution is 2.40. The molecular formula is C24H21ClN8O3. The normalized spacial score (nSPS) is 15.4. The summed E-state index contributed by atoms with van der Waals surface area (Å²) in [4.78, 5) is 40.2. The van der Waals surface area contributed by atoms with Crippen molar-refractivity contribution in [2.24, 2.45) is 0 Å². The van der Waals surface area contributed by atoms with Crippen molar-refractivity contribution in [3.8, 4) is 5.69 Å². The Kier molecular flexibility index (Phi) is 5.42. The van der Waals surface area contributed by atoms with Gasteiger partial charge in [0.2, 0.25) is 0 Å². The van der Waals surface area contributed by atoms with Gasteiger partial charge in [0.15, 0.2) is 5.82 Å². The van der Waals surface area contributed by atoms with Gasteiger partial charge in [-0.05, 0) is 24.6 Å². The molecule has 1 aliphatic rings. The van der Waals surface area contributed by atoms with E-state index < -0.39 is 0 Å². The molecular weight excluding hydrogens is 484 g/mol. The van der Waals surface area contributed by atoms with E-state index in [1.54, 1.807) is 23.0 Å². The van der Waals surface area contributed by atoms with Crippen molar-refractivity contribution in [1.29, 1.82) is 0 Å². The number of carbonyl (C=O) groups excluding carboxylic acids is 1. The second kappa shape index (κ2) is 8.77. The molecule has 1 amide bonds. The number of fused-ring (bicyclic) bond motifs is 2. The number of halogens is 1. The van der Waals surface area contributed by atoms with Crippen molar-refractivity contribution in [3.63, 3.8) is 0 Å². The van der Waals surface area contributed by atoms with Gasteiger partial charge in [0.25, 0.3) is 11.5 Å². The first kappa shape index (κ1) is 22.3. The molecule has 5 aromatic rings. The molecule has 0 aliphatic carbocycles. The van der Waals surface area contributed by atoms with Gasteiger partial charge in [-0.3, -0.25) is 14.2 Å². The predicted octanol–water partition coefficient (Wildman–Crippen LogP) is 2.08. The maximum atomic E-state index is 13.6. The standard InChI is InChI=1S/C24H21ClN8O3/c25-16-6-10-32-19(16)24(36)33(14-4-2-1-3-5-14)21(30-32)17-7-9-31(17)22-18-15(23(35)26-8-11-34)12-27-20(18)28-13-29-22/h1-6,10,12-13,17,34H,7-9,11H2,(H,26,35)(H,27,28,29)/t17-/m0/s1. The fraction of sp³-hybridized carbons (Fsp3) is 0.208. The molecule has 1 saturated heterocycles. The van der Waals surface area contributed by atoms with E-state index in [1.807, 2.05) is 35.2 Å². The lowest BCUT2D eigenvalue weighted by atomic mass is 10.0. The van der Waals surface area contributed by atoms with Gasteiger partial charge in [0.05, 0.1) is 34.3 Å². The SMILES string of the molecule is O=C(NCCO)c1c[nH]c2ncnc(N3CC[C@H]3c3nn4ccc(Cl)c4c(=O)n3-c3ccccc3)c12. The zero-order chi connectivity index (χ0) is 24.8. The third kappa shape index (κ3) is 3.43. The molecule has 1 aliphatic heterocycles. The molecule has 12 heteroatoms. The minimum Gasteiger partial charge on any atom is -0.395 e. The fourth-order valence-corrected chi connectivity index (χ4v) is 4.83. The lowest BCUT2D eigenvalue weighted by Gasteiger charge is -2.42. The van der Waals surface area contributed by atoms with E-state index in [9.17, 15) is 9.59 Å². The zero-order valence-corrected chi connectivity index (χ0v) is 19.7. The summed E-state index contributed by atoms with van der Waals surface area (Å²) >= 11 is 6.32. The van der Waals surface area contributed by atoms with Crippen LogP contribution in [-0.4, -0.2) is 59.8 Å². The van der Waals surface area contributed by atoms with Crippen LogP contribution in [0.1, 0.15) is 28.6 Å². The number of aliphatic hydroxyl groups is 1. The summed E-state index contributed by atoms with van der Waals surface area (Å²) in [7, 11) is 0. The van der Waals surface area contributed by atoms with Crippen LogP contribution >= 0.6 is 11.6 Å². The first-order valence-electron chi connectivity index (χ1n) is 11.4. The number of benzene rings is 1. The number of carbonyl (C=O) groups is 1. The third-order valence-corrected chi connectivity index (χ3v) is 6.66. The van der Waals surface area contributed by atoms with E-state index in [4.69, 9.17) is 21.8 Å². The van der Waals surface area contributed by atoms with E-state index in [-0.39, 0.29) is 30.7 Å². The Morgan fingerprint density at radius 3 is 2.81 bits per heavy atom. The first-order valence-corrected chi connectivity index (χ1v) is 11.8. The fourth-order valence-electron chi connectivity index (χ4n) is 4.61.